The van der Waals surface area contributed by atoms with Crippen LogP contribution in [0.5, 0.6) is 0 Å². The second-order valence-corrected chi connectivity index (χ2v) is 5.80. The van der Waals surface area contributed by atoms with E-state index in [1.807, 2.05) is 31.5 Å². The number of carbonyl (C=O) groups is 1. The van der Waals surface area contributed by atoms with E-state index in [0.29, 0.717) is 12.2 Å². The molecule has 0 radical (unpaired) electrons. The lowest BCUT2D eigenvalue weighted by molar-refractivity contribution is 0.0934. The summed E-state index contributed by atoms with van der Waals surface area (Å²) in [6.07, 6.45) is 5.37. The van der Waals surface area contributed by atoms with E-state index in [4.69, 9.17) is 0 Å². The molecule has 0 saturated carbocycles. The van der Waals surface area contributed by atoms with Crippen LogP contribution in [0.4, 0.5) is 0 Å². The van der Waals surface area contributed by atoms with Gasteiger partial charge in [-0.25, -0.2) is 4.98 Å². The molecule has 0 aliphatic rings. The smallest absolute Gasteiger partial charge is 0.271 e. The number of aromatic nitrogens is 3. The fraction of sp³-hybridized carbons (Fsp3) is 0.417. The Kier molecular flexibility index (Phi) is 3.47. The van der Waals surface area contributed by atoms with Gasteiger partial charge in [-0.3, -0.25) is 4.79 Å². The summed E-state index contributed by atoms with van der Waals surface area (Å²) in [7, 11) is 0. The van der Waals surface area contributed by atoms with Gasteiger partial charge in [-0.2, -0.15) is 4.37 Å². The predicted molar refractivity (Wildman–Crippen MR) is 70.7 cm³/mol. The zero-order valence-electron chi connectivity index (χ0n) is 10.7. The third-order valence-electron chi connectivity index (χ3n) is 2.75. The fourth-order valence-electron chi connectivity index (χ4n) is 1.57. The first-order valence-corrected chi connectivity index (χ1v) is 6.46. The fourth-order valence-corrected chi connectivity index (χ4v) is 2.11. The SMILES string of the molecule is Cc1cc(C(=O)NCC(C)(C)n2ccnc2)ns1. The maximum Gasteiger partial charge on any atom is 0.271 e. The van der Waals surface area contributed by atoms with E-state index in [0.717, 1.165) is 4.88 Å². The van der Waals surface area contributed by atoms with E-state index in [-0.39, 0.29) is 11.4 Å². The number of hydrogen-bond donors (Lipinski definition) is 1. The molecule has 0 aliphatic carbocycles. The Hall–Kier alpha value is -1.69. The molecule has 5 nitrogen and oxygen atoms in total. The maximum atomic E-state index is 11.9. The van der Waals surface area contributed by atoms with Crippen LogP contribution in [0, 0.1) is 6.92 Å². The van der Waals surface area contributed by atoms with E-state index in [9.17, 15) is 4.79 Å². The molecule has 0 fully saturated rings. The third kappa shape index (κ3) is 2.76. The van der Waals surface area contributed by atoms with Crippen molar-refractivity contribution >= 4 is 17.4 Å². The number of hydrogen-bond acceptors (Lipinski definition) is 4. The summed E-state index contributed by atoms with van der Waals surface area (Å²) in [5.41, 5.74) is 0.274. The average Bonchev–Trinajstić information content (AvgIpc) is 2.96. The van der Waals surface area contributed by atoms with E-state index in [2.05, 4.69) is 14.7 Å². The molecular weight excluding hydrogens is 248 g/mol. The highest BCUT2D eigenvalue weighted by Crippen LogP contribution is 2.13. The molecular formula is C12H16N4OS. The lowest BCUT2D eigenvalue weighted by Gasteiger charge is -2.26. The van der Waals surface area contributed by atoms with E-state index >= 15 is 0 Å². The quantitative estimate of drug-likeness (QED) is 0.916. The van der Waals surface area contributed by atoms with Gasteiger partial charge in [-0.05, 0) is 38.4 Å². The van der Waals surface area contributed by atoms with Gasteiger partial charge in [0.05, 0.1) is 11.9 Å². The number of nitrogens with one attached hydrogen (secondary N) is 1. The molecule has 2 heterocycles. The van der Waals surface area contributed by atoms with E-state index in [1.54, 1.807) is 18.6 Å². The molecule has 0 unspecified atom stereocenters. The first kappa shape index (κ1) is 12.8. The first-order chi connectivity index (χ1) is 8.49. The maximum absolute atomic E-state index is 11.9. The number of rotatable bonds is 4. The van der Waals surface area contributed by atoms with Crippen LogP contribution in [0.15, 0.2) is 24.8 Å². The highest BCUT2D eigenvalue weighted by atomic mass is 32.1. The zero-order valence-corrected chi connectivity index (χ0v) is 11.5. The summed E-state index contributed by atoms with van der Waals surface area (Å²) < 4.78 is 6.06. The molecule has 96 valence electrons. The molecule has 0 spiro atoms. The number of carbonyl (C=O) groups excluding carboxylic acids is 1. The standard InChI is InChI=1S/C12H16N4OS/c1-9-6-10(15-18-9)11(17)14-7-12(2,3)16-5-4-13-8-16/h4-6,8H,7H2,1-3H3,(H,14,17). The van der Waals surface area contributed by atoms with Crippen LogP contribution in [-0.2, 0) is 5.54 Å². The van der Waals surface area contributed by atoms with Crippen LogP contribution in [0.1, 0.15) is 29.2 Å². The Bertz CT molecular complexity index is 530. The normalized spacial score (nSPS) is 11.5. The zero-order chi connectivity index (χ0) is 13.2. The Labute approximate surface area is 110 Å². The Morgan fingerprint density at radius 3 is 2.89 bits per heavy atom. The predicted octanol–water partition coefficient (Wildman–Crippen LogP) is 1.81. The molecule has 0 bridgehead atoms. The second kappa shape index (κ2) is 4.89. The van der Waals surface area contributed by atoms with Crippen molar-refractivity contribution in [2.75, 3.05) is 6.54 Å². The summed E-state index contributed by atoms with van der Waals surface area (Å²) in [5, 5.41) is 2.90. The highest BCUT2D eigenvalue weighted by Gasteiger charge is 2.21. The van der Waals surface area contributed by atoms with Crippen molar-refractivity contribution in [3.8, 4) is 0 Å². The molecule has 2 rings (SSSR count). The van der Waals surface area contributed by atoms with Crippen molar-refractivity contribution in [1.82, 2.24) is 19.2 Å². The van der Waals surface area contributed by atoms with Crippen molar-refractivity contribution in [1.29, 1.82) is 0 Å². The molecule has 0 saturated heterocycles. The van der Waals surface area contributed by atoms with Gasteiger partial charge >= 0.3 is 0 Å². The first-order valence-electron chi connectivity index (χ1n) is 5.69. The summed E-state index contributed by atoms with van der Waals surface area (Å²) in [6.45, 7) is 6.55. The highest BCUT2D eigenvalue weighted by molar-refractivity contribution is 7.05. The van der Waals surface area contributed by atoms with Crippen LogP contribution in [0.3, 0.4) is 0 Å². The third-order valence-corrected chi connectivity index (χ3v) is 3.44. The van der Waals surface area contributed by atoms with Crippen molar-refractivity contribution in [2.45, 2.75) is 26.3 Å². The van der Waals surface area contributed by atoms with Gasteiger partial charge in [-0.1, -0.05) is 0 Å². The monoisotopic (exact) mass is 264 g/mol. The van der Waals surface area contributed by atoms with E-state index in [1.165, 1.54) is 11.5 Å². The van der Waals surface area contributed by atoms with Gasteiger partial charge in [0, 0.05) is 23.8 Å². The molecule has 2 aromatic rings. The molecule has 1 N–H and O–H groups in total. The molecule has 0 atom stereocenters. The van der Waals surface area contributed by atoms with Gasteiger partial charge in [0.1, 0.15) is 5.69 Å². The summed E-state index contributed by atoms with van der Waals surface area (Å²) >= 11 is 1.34. The number of imidazole rings is 1. The van der Waals surface area contributed by atoms with Gasteiger partial charge in [0.25, 0.3) is 5.91 Å². The molecule has 2 aromatic heterocycles. The number of nitrogens with zero attached hydrogens (tertiary/aromatic N) is 3. The lowest BCUT2D eigenvalue weighted by atomic mass is 10.1. The molecule has 6 heteroatoms. The minimum atomic E-state index is -0.211. The topological polar surface area (TPSA) is 59.8 Å². The Morgan fingerprint density at radius 1 is 1.56 bits per heavy atom. The van der Waals surface area contributed by atoms with Crippen LogP contribution in [0.2, 0.25) is 0 Å². The minimum absolute atomic E-state index is 0.132. The van der Waals surface area contributed by atoms with Gasteiger partial charge in [-0.15, -0.1) is 0 Å². The van der Waals surface area contributed by atoms with E-state index < -0.39 is 0 Å². The van der Waals surface area contributed by atoms with Gasteiger partial charge < -0.3 is 9.88 Å². The molecule has 0 aromatic carbocycles. The molecule has 18 heavy (non-hydrogen) atoms. The number of aryl methyl sites for hydroxylation is 1. The Morgan fingerprint density at radius 2 is 2.33 bits per heavy atom. The van der Waals surface area contributed by atoms with Gasteiger partial charge in [0.15, 0.2) is 0 Å². The van der Waals surface area contributed by atoms with Crippen molar-refractivity contribution < 1.29 is 4.79 Å². The Balaban J connectivity index is 1.98. The van der Waals surface area contributed by atoms with Crippen LogP contribution in [0.25, 0.3) is 0 Å². The largest absolute Gasteiger partial charge is 0.348 e. The van der Waals surface area contributed by atoms with Crippen molar-refractivity contribution in [3.63, 3.8) is 0 Å². The number of amides is 1. The van der Waals surface area contributed by atoms with Gasteiger partial charge in [0.2, 0.25) is 0 Å². The van der Waals surface area contributed by atoms with Crippen LogP contribution in [-0.4, -0.2) is 26.4 Å². The minimum Gasteiger partial charge on any atom is -0.348 e. The lowest BCUT2D eigenvalue weighted by Crippen LogP contribution is -2.40. The van der Waals surface area contributed by atoms with Crippen LogP contribution < -0.4 is 5.32 Å². The van der Waals surface area contributed by atoms with Crippen molar-refractivity contribution in [2.24, 2.45) is 0 Å². The summed E-state index contributed by atoms with van der Waals surface area (Å²) in [5.74, 6) is -0.132. The van der Waals surface area contributed by atoms with Crippen molar-refractivity contribution in [3.05, 3.63) is 35.4 Å². The average molecular weight is 264 g/mol. The van der Waals surface area contributed by atoms with Crippen LogP contribution >= 0.6 is 11.5 Å². The molecule has 1 amide bonds. The summed E-state index contributed by atoms with van der Waals surface area (Å²) in [6, 6.07) is 1.80. The molecule has 0 aliphatic heterocycles. The second-order valence-electron chi connectivity index (χ2n) is 4.79. The summed E-state index contributed by atoms with van der Waals surface area (Å²) in [4.78, 5) is 16.9.